The maximum atomic E-state index is 10.9. The zero-order chi connectivity index (χ0) is 15.9. The summed E-state index contributed by atoms with van der Waals surface area (Å²) in [4.78, 5) is 13.0. The third-order valence-corrected chi connectivity index (χ3v) is 4.28. The number of benzene rings is 2. The lowest BCUT2D eigenvalue weighted by Gasteiger charge is -2.22. The molecule has 0 radical (unpaired) electrons. The highest BCUT2D eigenvalue weighted by atomic mass is 79.9. The Kier molecular flexibility index (Phi) is 6.61. The number of halogens is 2. The van der Waals surface area contributed by atoms with E-state index in [1.807, 2.05) is 24.3 Å². The number of nitrogens with zero attached hydrogens (tertiary/aromatic N) is 1. The molecule has 1 N–H and O–H groups in total. The Morgan fingerprint density at radius 2 is 1.64 bits per heavy atom. The van der Waals surface area contributed by atoms with Crippen molar-refractivity contribution in [3.8, 4) is 0 Å². The van der Waals surface area contributed by atoms with E-state index < -0.39 is 5.97 Å². The van der Waals surface area contributed by atoms with E-state index in [0.29, 0.717) is 6.54 Å². The summed E-state index contributed by atoms with van der Waals surface area (Å²) in [6, 6.07) is 16.2. The molecule has 0 saturated heterocycles. The van der Waals surface area contributed by atoms with Crippen molar-refractivity contribution >= 4 is 37.8 Å². The largest absolute Gasteiger partial charge is 0.481 e. The van der Waals surface area contributed by atoms with Gasteiger partial charge in [-0.3, -0.25) is 9.69 Å². The summed E-state index contributed by atoms with van der Waals surface area (Å²) >= 11 is 6.90. The Morgan fingerprint density at radius 1 is 0.955 bits per heavy atom. The predicted molar refractivity (Wildman–Crippen MR) is 94.7 cm³/mol. The summed E-state index contributed by atoms with van der Waals surface area (Å²) in [5.74, 6) is -0.768. The number of carboxylic acids is 1. The number of hydrogen-bond acceptors (Lipinski definition) is 2. The summed E-state index contributed by atoms with van der Waals surface area (Å²) < 4.78 is 2.08. The fourth-order valence-corrected chi connectivity index (χ4v) is 2.92. The summed E-state index contributed by atoms with van der Waals surface area (Å²) in [5.41, 5.74) is 2.33. The van der Waals surface area contributed by atoms with Gasteiger partial charge in [0.2, 0.25) is 0 Å². The first-order valence-corrected chi connectivity index (χ1v) is 8.54. The van der Waals surface area contributed by atoms with Crippen LogP contribution in [0.3, 0.4) is 0 Å². The fraction of sp³-hybridized carbons (Fsp3) is 0.235. The Hall–Kier alpha value is -1.17. The maximum absolute atomic E-state index is 10.9. The molecule has 0 atom stereocenters. The van der Waals surface area contributed by atoms with Crippen LogP contribution in [0, 0.1) is 0 Å². The van der Waals surface area contributed by atoms with Crippen molar-refractivity contribution in [2.75, 3.05) is 6.54 Å². The van der Waals surface area contributed by atoms with Gasteiger partial charge in [-0.15, -0.1) is 0 Å². The zero-order valence-corrected chi connectivity index (χ0v) is 15.2. The van der Waals surface area contributed by atoms with Crippen LogP contribution in [-0.4, -0.2) is 22.5 Å². The fourth-order valence-electron chi connectivity index (χ4n) is 2.21. The highest BCUT2D eigenvalue weighted by molar-refractivity contribution is 9.10. The molecule has 0 heterocycles. The molecule has 2 rings (SSSR count). The van der Waals surface area contributed by atoms with Crippen LogP contribution in [0.2, 0.25) is 0 Å². The summed E-state index contributed by atoms with van der Waals surface area (Å²) in [5, 5.41) is 8.93. The van der Waals surface area contributed by atoms with Crippen molar-refractivity contribution in [3.63, 3.8) is 0 Å². The van der Waals surface area contributed by atoms with Crippen LogP contribution >= 0.6 is 31.9 Å². The van der Waals surface area contributed by atoms with Gasteiger partial charge in [0.1, 0.15) is 0 Å². The third kappa shape index (κ3) is 5.91. The molecule has 22 heavy (non-hydrogen) atoms. The van der Waals surface area contributed by atoms with Crippen molar-refractivity contribution in [2.45, 2.75) is 19.5 Å². The highest BCUT2D eigenvalue weighted by Gasteiger charge is 2.10. The molecule has 0 unspecified atom stereocenters. The van der Waals surface area contributed by atoms with E-state index in [0.717, 1.165) is 27.6 Å². The van der Waals surface area contributed by atoms with Gasteiger partial charge in [-0.05, 0) is 35.4 Å². The molecule has 0 aliphatic heterocycles. The Morgan fingerprint density at radius 3 is 2.27 bits per heavy atom. The summed E-state index contributed by atoms with van der Waals surface area (Å²) in [6.07, 6.45) is 0.143. The smallest absolute Gasteiger partial charge is 0.304 e. The van der Waals surface area contributed by atoms with E-state index in [-0.39, 0.29) is 6.42 Å². The van der Waals surface area contributed by atoms with Crippen LogP contribution < -0.4 is 0 Å². The van der Waals surface area contributed by atoms with Crippen LogP contribution in [0.5, 0.6) is 0 Å². The number of carbonyl (C=O) groups is 1. The first-order chi connectivity index (χ1) is 10.5. The first kappa shape index (κ1) is 17.2. The Bertz CT molecular complexity index is 629. The van der Waals surface area contributed by atoms with Crippen molar-refractivity contribution in [1.29, 1.82) is 0 Å². The molecule has 3 nitrogen and oxygen atoms in total. The summed E-state index contributed by atoms with van der Waals surface area (Å²) in [7, 11) is 0. The van der Waals surface area contributed by atoms with E-state index in [1.54, 1.807) is 0 Å². The van der Waals surface area contributed by atoms with Crippen LogP contribution in [0.25, 0.3) is 0 Å². The second-order valence-corrected chi connectivity index (χ2v) is 6.94. The SMILES string of the molecule is O=C(O)CCN(Cc1ccc(Br)cc1)Cc1cccc(Br)c1. The molecular formula is C17H17Br2NO2. The van der Waals surface area contributed by atoms with Gasteiger partial charge < -0.3 is 5.11 Å². The maximum Gasteiger partial charge on any atom is 0.304 e. The van der Waals surface area contributed by atoms with E-state index in [9.17, 15) is 4.79 Å². The van der Waals surface area contributed by atoms with Crippen LogP contribution in [-0.2, 0) is 17.9 Å². The molecule has 2 aromatic carbocycles. The number of hydrogen-bond donors (Lipinski definition) is 1. The van der Waals surface area contributed by atoms with E-state index in [1.165, 1.54) is 5.56 Å². The first-order valence-electron chi connectivity index (χ1n) is 6.96. The minimum atomic E-state index is -0.768. The second kappa shape index (κ2) is 8.46. The van der Waals surface area contributed by atoms with Crippen molar-refractivity contribution in [1.82, 2.24) is 4.90 Å². The zero-order valence-electron chi connectivity index (χ0n) is 12.0. The van der Waals surface area contributed by atoms with Gasteiger partial charge in [-0.1, -0.05) is 56.1 Å². The molecule has 5 heteroatoms. The lowest BCUT2D eigenvalue weighted by molar-refractivity contribution is -0.137. The van der Waals surface area contributed by atoms with Crippen molar-refractivity contribution < 1.29 is 9.90 Å². The van der Waals surface area contributed by atoms with Crippen molar-refractivity contribution in [2.24, 2.45) is 0 Å². The van der Waals surface area contributed by atoms with Crippen LogP contribution in [0.1, 0.15) is 17.5 Å². The molecule has 116 valence electrons. The molecule has 0 aliphatic carbocycles. The van der Waals surface area contributed by atoms with E-state index in [4.69, 9.17) is 5.11 Å². The molecule has 0 bridgehead atoms. The third-order valence-electron chi connectivity index (χ3n) is 3.26. The molecule has 2 aromatic rings. The van der Waals surface area contributed by atoms with Gasteiger partial charge in [0.05, 0.1) is 6.42 Å². The average molecular weight is 427 g/mol. The van der Waals surface area contributed by atoms with Gasteiger partial charge >= 0.3 is 5.97 Å². The number of aliphatic carboxylic acids is 1. The molecule has 0 fully saturated rings. The lowest BCUT2D eigenvalue weighted by atomic mass is 10.1. The van der Waals surface area contributed by atoms with E-state index >= 15 is 0 Å². The molecular weight excluding hydrogens is 410 g/mol. The van der Waals surface area contributed by atoms with Gasteiger partial charge in [-0.2, -0.15) is 0 Å². The minimum absolute atomic E-state index is 0.143. The highest BCUT2D eigenvalue weighted by Crippen LogP contribution is 2.17. The van der Waals surface area contributed by atoms with Gasteiger partial charge in [0, 0.05) is 28.6 Å². The number of rotatable bonds is 7. The average Bonchev–Trinajstić information content (AvgIpc) is 2.47. The predicted octanol–water partition coefficient (Wildman–Crippen LogP) is 4.69. The Balaban J connectivity index is 2.07. The quantitative estimate of drug-likeness (QED) is 0.698. The van der Waals surface area contributed by atoms with Gasteiger partial charge in [0.15, 0.2) is 0 Å². The van der Waals surface area contributed by atoms with Gasteiger partial charge in [-0.25, -0.2) is 0 Å². The molecule has 0 spiro atoms. The topological polar surface area (TPSA) is 40.5 Å². The van der Waals surface area contributed by atoms with Crippen LogP contribution in [0.15, 0.2) is 57.5 Å². The van der Waals surface area contributed by atoms with Crippen molar-refractivity contribution in [3.05, 3.63) is 68.6 Å². The molecule has 0 aliphatic rings. The van der Waals surface area contributed by atoms with Gasteiger partial charge in [0.25, 0.3) is 0 Å². The Labute approximate surface area is 147 Å². The lowest BCUT2D eigenvalue weighted by Crippen LogP contribution is -2.25. The minimum Gasteiger partial charge on any atom is -0.481 e. The normalized spacial score (nSPS) is 10.9. The second-order valence-electron chi connectivity index (χ2n) is 5.11. The molecule has 0 saturated carbocycles. The van der Waals surface area contributed by atoms with Crippen LogP contribution in [0.4, 0.5) is 0 Å². The standard InChI is InChI=1S/C17H17Br2NO2/c18-15-6-4-13(5-7-15)11-20(9-8-17(21)22)12-14-2-1-3-16(19)10-14/h1-7,10H,8-9,11-12H2,(H,21,22). The summed E-state index contributed by atoms with van der Waals surface area (Å²) in [6.45, 7) is 1.98. The van der Waals surface area contributed by atoms with E-state index in [2.05, 4.69) is 61.0 Å². The number of carboxylic acid groups (broad SMARTS) is 1. The monoisotopic (exact) mass is 425 g/mol. The molecule has 0 amide bonds. The molecule has 0 aromatic heterocycles.